The molecule has 26 heavy (non-hydrogen) atoms. The van der Waals surface area contributed by atoms with E-state index in [4.69, 9.17) is 0 Å². The predicted octanol–water partition coefficient (Wildman–Crippen LogP) is 3.13. The van der Waals surface area contributed by atoms with Crippen LogP contribution in [-0.2, 0) is 4.79 Å². The lowest BCUT2D eigenvalue weighted by atomic mass is 10.1. The van der Waals surface area contributed by atoms with Crippen LogP contribution in [0.1, 0.15) is 28.8 Å². The number of non-ortho nitro benzene ring substituents is 1. The van der Waals surface area contributed by atoms with Gasteiger partial charge in [0.05, 0.1) is 4.92 Å². The molecule has 0 spiro atoms. The van der Waals surface area contributed by atoms with E-state index in [2.05, 4.69) is 0 Å². The number of hydrogen-bond donors (Lipinski definition) is 0. The molecule has 0 bridgehead atoms. The first-order valence-corrected chi connectivity index (χ1v) is 8.36. The van der Waals surface area contributed by atoms with Gasteiger partial charge in [0.2, 0.25) is 5.91 Å². The van der Waals surface area contributed by atoms with E-state index in [9.17, 15) is 19.7 Å². The van der Waals surface area contributed by atoms with Crippen LogP contribution in [0.4, 0.5) is 11.4 Å². The van der Waals surface area contributed by atoms with Crippen LogP contribution in [0.25, 0.3) is 0 Å². The van der Waals surface area contributed by atoms with Crippen LogP contribution in [0.5, 0.6) is 0 Å². The fourth-order valence-corrected chi connectivity index (χ4v) is 2.92. The average molecular weight is 353 g/mol. The summed E-state index contributed by atoms with van der Waals surface area (Å²) < 4.78 is 0. The van der Waals surface area contributed by atoms with E-state index in [1.165, 1.54) is 23.1 Å². The Balaban J connectivity index is 1.94. The highest BCUT2D eigenvalue weighted by Gasteiger charge is 2.27. The Labute approximate surface area is 151 Å². The summed E-state index contributed by atoms with van der Waals surface area (Å²) >= 11 is 0. The van der Waals surface area contributed by atoms with Gasteiger partial charge < -0.3 is 4.90 Å². The van der Waals surface area contributed by atoms with Gasteiger partial charge in [-0.05, 0) is 31.5 Å². The summed E-state index contributed by atoms with van der Waals surface area (Å²) in [6.45, 7) is 2.67. The summed E-state index contributed by atoms with van der Waals surface area (Å²) in [7, 11) is 0. The molecule has 1 aliphatic rings. The fraction of sp³-hybridized carbons (Fsp3) is 0.263. The third-order valence-electron chi connectivity index (χ3n) is 4.38. The predicted molar refractivity (Wildman–Crippen MR) is 96.9 cm³/mol. The van der Waals surface area contributed by atoms with Crippen molar-refractivity contribution in [1.29, 1.82) is 0 Å². The molecule has 0 aliphatic carbocycles. The number of nitro benzene ring substituents is 1. The number of carbonyl (C=O) groups excluding carboxylic acids is 2. The molecule has 2 aromatic rings. The zero-order chi connectivity index (χ0) is 18.7. The van der Waals surface area contributed by atoms with E-state index in [1.807, 2.05) is 31.2 Å². The first-order chi connectivity index (χ1) is 12.5. The van der Waals surface area contributed by atoms with Crippen LogP contribution in [-0.4, -0.2) is 34.9 Å². The quantitative estimate of drug-likeness (QED) is 0.611. The molecule has 0 unspecified atom stereocenters. The second kappa shape index (κ2) is 7.35. The smallest absolute Gasteiger partial charge is 0.270 e. The van der Waals surface area contributed by atoms with Crippen molar-refractivity contribution in [2.24, 2.45) is 0 Å². The molecule has 1 aliphatic heterocycles. The Morgan fingerprint density at radius 1 is 1.23 bits per heavy atom. The molecule has 1 saturated heterocycles. The molecule has 0 radical (unpaired) electrons. The van der Waals surface area contributed by atoms with Crippen LogP contribution < -0.4 is 4.90 Å². The van der Waals surface area contributed by atoms with Crippen LogP contribution in [0.3, 0.4) is 0 Å². The Morgan fingerprint density at radius 2 is 1.96 bits per heavy atom. The maximum atomic E-state index is 13.1. The van der Waals surface area contributed by atoms with Gasteiger partial charge in [-0.25, -0.2) is 0 Å². The SMILES string of the molecule is Cc1ccc(N(CN2CCCC2=O)C(=O)c2cccc([N+](=O)[O-])c2)cc1. The number of rotatable bonds is 5. The molecule has 7 heteroatoms. The number of carbonyl (C=O) groups is 2. The lowest BCUT2D eigenvalue weighted by molar-refractivity contribution is -0.384. The summed E-state index contributed by atoms with van der Waals surface area (Å²) in [5.74, 6) is -0.369. The minimum absolute atomic E-state index is 0.00829. The highest BCUT2D eigenvalue weighted by Crippen LogP contribution is 2.22. The molecule has 0 saturated carbocycles. The molecule has 0 atom stereocenters. The number of aryl methyl sites for hydroxylation is 1. The van der Waals surface area contributed by atoms with E-state index in [-0.39, 0.29) is 29.7 Å². The molecular weight excluding hydrogens is 334 g/mol. The summed E-state index contributed by atoms with van der Waals surface area (Å²) in [4.78, 5) is 38.7. The van der Waals surface area contributed by atoms with Gasteiger partial charge in [-0.3, -0.25) is 24.6 Å². The summed E-state index contributed by atoms with van der Waals surface area (Å²) in [6.07, 6.45) is 1.25. The van der Waals surface area contributed by atoms with Gasteiger partial charge in [0.1, 0.15) is 6.67 Å². The highest BCUT2D eigenvalue weighted by molar-refractivity contribution is 6.06. The number of hydrogen-bond acceptors (Lipinski definition) is 4. The van der Waals surface area contributed by atoms with E-state index in [0.29, 0.717) is 18.7 Å². The highest BCUT2D eigenvalue weighted by atomic mass is 16.6. The molecule has 0 aromatic heterocycles. The van der Waals surface area contributed by atoms with E-state index in [0.717, 1.165) is 12.0 Å². The summed E-state index contributed by atoms with van der Waals surface area (Å²) in [5, 5.41) is 11.0. The zero-order valence-corrected chi connectivity index (χ0v) is 14.4. The molecular formula is C19H19N3O4. The maximum absolute atomic E-state index is 13.1. The van der Waals surface area contributed by atoms with Gasteiger partial charge in [0, 0.05) is 36.3 Å². The number of benzene rings is 2. The van der Waals surface area contributed by atoms with Crippen LogP contribution in [0.2, 0.25) is 0 Å². The van der Waals surface area contributed by atoms with E-state index in [1.54, 1.807) is 11.0 Å². The van der Waals surface area contributed by atoms with Crippen LogP contribution in [0, 0.1) is 17.0 Å². The standard InChI is InChI=1S/C19H19N3O4/c1-14-7-9-16(10-8-14)21(13-20-11-3-6-18(20)23)19(24)15-4-2-5-17(12-15)22(25)26/h2,4-5,7-10,12H,3,6,11,13H2,1H3. The van der Waals surface area contributed by atoms with Crippen molar-refractivity contribution >= 4 is 23.2 Å². The van der Waals surface area contributed by atoms with Crippen molar-refractivity contribution in [3.05, 3.63) is 69.8 Å². The average Bonchev–Trinajstić information content (AvgIpc) is 3.05. The molecule has 0 N–H and O–H groups in total. The van der Waals surface area contributed by atoms with Crippen molar-refractivity contribution in [3.8, 4) is 0 Å². The lowest BCUT2D eigenvalue weighted by Gasteiger charge is -2.28. The minimum Gasteiger partial charge on any atom is -0.324 e. The van der Waals surface area contributed by atoms with Gasteiger partial charge in [-0.15, -0.1) is 0 Å². The second-order valence-corrected chi connectivity index (χ2v) is 6.28. The molecule has 2 amide bonds. The fourth-order valence-electron chi connectivity index (χ4n) is 2.92. The number of nitrogens with zero attached hydrogens (tertiary/aromatic N) is 3. The molecule has 134 valence electrons. The molecule has 7 nitrogen and oxygen atoms in total. The van der Waals surface area contributed by atoms with E-state index >= 15 is 0 Å². The minimum atomic E-state index is -0.531. The molecule has 1 fully saturated rings. The molecule has 1 heterocycles. The number of nitro groups is 1. The normalized spacial score (nSPS) is 13.7. The van der Waals surface area contributed by atoms with Gasteiger partial charge in [-0.1, -0.05) is 23.8 Å². The van der Waals surface area contributed by atoms with Crippen molar-refractivity contribution in [3.63, 3.8) is 0 Å². The van der Waals surface area contributed by atoms with Gasteiger partial charge >= 0.3 is 0 Å². The van der Waals surface area contributed by atoms with Gasteiger partial charge in [-0.2, -0.15) is 0 Å². The van der Waals surface area contributed by atoms with E-state index < -0.39 is 4.92 Å². The number of anilines is 1. The number of amides is 2. The Kier molecular flexibility index (Phi) is 4.97. The zero-order valence-electron chi connectivity index (χ0n) is 14.4. The first-order valence-electron chi connectivity index (χ1n) is 8.36. The monoisotopic (exact) mass is 353 g/mol. The summed E-state index contributed by atoms with van der Waals surface area (Å²) in [5.41, 5.74) is 1.77. The Morgan fingerprint density at radius 3 is 2.58 bits per heavy atom. The first kappa shape index (κ1) is 17.6. The topological polar surface area (TPSA) is 83.8 Å². The summed E-state index contributed by atoms with van der Waals surface area (Å²) in [6, 6.07) is 13.0. The van der Waals surface area contributed by atoms with Crippen LogP contribution >= 0.6 is 0 Å². The second-order valence-electron chi connectivity index (χ2n) is 6.28. The van der Waals surface area contributed by atoms with Crippen molar-refractivity contribution < 1.29 is 14.5 Å². The van der Waals surface area contributed by atoms with Crippen molar-refractivity contribution in [1.82, 2.24) is 4.90 Å². The van der Waals surface area contributed by atoms with Gasteiger partial charge in [0.25, 0.3) is 11.6 Å². The van der Waals surface area contributed by atoms with Crippen molar-refractivity contribution in [2.45, 2.75) is 19.8 Å². The Hall–Kier alpha value is -3.22. The number of likely N-dealkylation sites (tertiary alicyclic amines) is 1. The molecule has 2 aromatic carbocycles. The third kappa shape index (κ3) is 3.72. The lowest BCUT2D eigenvalue weighted by Crippen LogP contribution is -2.42. The Bertz CT molecular complexity index is 848. The van der Waals surface area contributed by atoms with Crippen LogP contribution in [0.15, 0.2) is 48.5 Å². The maximum Gasteiger partial charge on any atom is 0.270 e. The van der Waals surface area contributed by atoms with Crippen molar-refractivity contribution in [2.75, 3.05) is 18.1 Å². The largest absolute Gasteiger partial charge is 0.324 e. The third-order valence-corrected chi connectivity index (χ3v) is 4.38. The van der Waals surface area contributed by atoms with Gasteiger partial charge in [0.15, 0.2) is 0 Å². The molecule has 3 rings (SSSR count).